The van der Waals surface area contributed by atoms with Crippen LogP contribution in [0.15, 0.2) is 205 Å². The fourth-order valence-electron chi connectivity index (χ4n) is 8.71. The number of rotatable bonds is 6. The molecular formula is C53H33N5O. The third kappa shape index (κ3) is 5.31. The molecule has 0 amide bonds. The molecule has 0 saturated heterocycles. The summed E-state index contributed by atoms with van der Waals surface area (Å²) >= 11 is 0. The molecule has 6 heteroatoms. The van der Waals surface area contributed by atoms with Crippen molar-refractivity contribution >= 4 is 54.7 Å². The first-order valence-electron chi connectivity index (χ1n) is 19.8. The summed E-state index contributed by atoms with van der Waals surface area (Å²) in [6, 6.07) is 69.6. The average Bonchev–Trinajstić information content (AvgIpc) is 4.00. The predicted octanol–water partition coefficient (Wildman–Crippen LogP) is 13.5. The van der Waals surface area contributed by atoms with Crippen LogP contribution in [0.1, 0.15) is 0 Å². The second-order valence-electron chi connectivity index (χ2n) is 14.8. The molecule has 0 aliphatic carbocycles. The van der Waals surface area contributed by atoms with E-state index in [1.807, 2.05) is 54.6 Å². The van der Waals surface area contributed by atoms with Crippen molar-refractivity contribution in [2.45, 2.75) is 0 Å². The van der Waals surface area contributed by atoms with Crippen LogP contribution in [0.4, 0.5) is 0 Å². The van der Waals surface area contributed by atoms with Crippen LogP contribution in [-0.2, 0) is 0 Å². The van der Waals surface area contributed by atoms with E-state index < -0.39 is 0 Å². The van der Waals surface area contributed by atoms with Crippen molar-refractivity contribution in [3.05, 3.63) is 200 Å². The van der Waals surface area contributed by atoms with E-state index in [2.05, 4.69) is 155 Å². The number of hydrogen-bond acceptors (Lipinski definition) is 4. The van der Waals surface area contributed by atoms with Crippen molar-refractivity contribution in [1.29, 1.82) is 0 Å². The lowest BCUT2D eigenvalue weighted by atomic mass is 10.00. The molecule has 0 radical (unpaired) electrons. The fraction of sp³-hybridized carbons (Fsp3) is 0. The van der Waals surface area contributed by atoms with Crippen molar-refractivity contribution in [2.24, 2.45) is 0 Å². The van der Waals surface area contributed by atoms with E-state index in [0.29, 0.717) is 11.7 Å². The Hall–Kier alpha value is -8.09. The number of para-hydroxylation sites is 3. The zero-order valence-corrected chi connectivity index (χ0v) is 31.7. The molecule has 59 heavy (non-hydrogen) atoms. The van der Waals surface area contributed by atoms with Gasteiger partial charge < -0.3 is 8.98 Å². The predicted molar refractivity (Wildman–Crippen MR) is 240 cm³/mol. The van der Waals surface area contributed by atoms with Crippen molar-refractivity contribution in [3.8, 4) is 56.7 Å². The van der Waals surface area contributed by atoms with E-state index in [1.165, 1.54) is 0 Å². The Labute approximate surface area is 338 Å². The molecule has 8 aromatic carbocycles. The Balaban J connectivity index is 1.13. The Morgan fingerprint density at radius 3 is 1.81 bits per heavy atom. The van der Waals surface area contributed by atoms with Gasteiger partial charge in [0.25, 0.3) is 0 Å². The molecule has 12 aromatic rings. The number of oxazole rings is 1. The molecule has 0 atom stereocenters. The minimum Gasteiger partial charge on any atom is -0.434 e. The third-order valence-electron chi connectivity index (χ3n) is 11.4. The van der Waals surface area contributed by atoms with Crippen LogP contribution in [-0.4, -0.2) is 24.1 Å². The maximum Gasteiger partial charge on any atom is 0.227 e. The van der Waals surface area contributed by atoms with Crippen molar-refractivity contribution in [2.75, 3.05) is 0 Å². The summed E-state index contributed by atoms with van der Waals surface area (Å²) in [7, 11) is 0. The number of benzene rings is 8. The number of fused-ring (bicyclic) bond motifs is 8. The molecule has 0 unspecified atom stereocenters. The zero-order valence-electron chi connectivity index (χ0n) is 31.7. The van der Waals surface area contributed by atoms with Crippen molar-refractivity contribution < 1.29 is 4.42 Å². The van der Waals surface area contributed by atoms with Crippen LogP contribution in [0.3, 0.4) is 0 Å². The molecular weight excluding hydrogens is 723 g/mol. The summed E-state index contributed by atoms with van der Waals surface area (Å²) in [4.78, 5) is 15.4. The lowest BCUT2D eigenvalue weighted by Crippen LogP contribution is -2.03. The van der Waals surface area contributed by atoms with Crippen molar-refractivity contribution in [1.82, 2.24) is 24.1 Å². The molecule has 276 valence electrons. The van der Waals surface area contributed by atoms with Gasteiger partial charge in [-0.2, -0.15) is 0 Å². The Kier molecular flexibility index (Phi) is 7.43. The molecule has 0 saturated carbocycles. The first-order chi connectivity index (χ1) is 29.3. The monoisotopic (exact) mass is 755 g/mol. The maximum atomic E-state index is 6.67. The van der Waals surface area contributed by atoms with Crippen molar-refractivity contribution in [3.63, 3.8) is 0 Å². The van der Waals surface area contributed by atoms with Gasteiger partial charge in [-0.3, -0.25) is 4.57 Å². The van der Waals surface area contributed by atoms with Gasteiger partial charge in [0.05, 0.1) is 27.8 Å². The van der Waals surface area contributed by atoms with Crippen LogP contribution in [0.2, 0.25) is 0 Å². The van der Waals surface area contributed by atoms with E-state index in [1.54, 1.807) is 0 Å². The molecule has 4 heterocycles. The second-order valence-corrected chi connectivity index (χ2v) is 14.8. The first kappa shape index (κ1) is 33.1. The highest BCUT2D eigenvalue weighted by Gasteiger charge is 2.23. The Morgan fingerprint density at radius 1 is 0.390 bits per heavy atom. The minimum absolute atomic E-state index is 0.605. The topological polar surface area (TPSA) is 61.7 Å². The second kappa shape index (κ2) is 13.3. The summed E-state index contributed by atoms with van der Waals surface area (Å²) in [5.74, 6) is 2.09. The highest BCUT2D eigenvalue weighted by molar-refractivity contribution is 6.19. The molecule has 0 bridgehead atoms. The molecule has 0 N–H and O–H groups in total. The summed E-state index contributed by atoms with van der Waals surface area (Å²) in [5.41, 5.74) is 12.9. The molecule has 6 nitrogen and oxygen atoms in total. The molecule has 0 aliphatic rings. The van der Waals surface area contributed by atoms with Crippen LogP contribution in [0.5, 0.6) is 0 Å². The zero-order chi connectivity index (χ0) is 38.9. The summed E-state index contributed by atoms with van der Waals surface area (Å²) in [5, 5.41) is 4.54. The normalized spacial score (nSPS) is 11.7. The van der Waals surface area contributed by atoms with Crippen LogP contribution < -0.4 is 0 Å². The molecule has 12 rings (SSSR count). The van der Waals surface area contributed by atoms with Gasteiger partial charge in [0.2, 0.25) is 5.89 Å². The summed E-state index contributed by atoms with van der Waals surface area (Å²) in [6.07, 6.45) is 0. The highest BCUT2D eigenvalue weighted by Crippen LogP contribution is 2.43. The van der Waals surface area contributed by atoms with E-state index in [-0.39, 0.29) is 0 Å². The van der Waals surface area contributed by atoms with Crippen LogP contribution in [0, 0.1) is 0 Å². The lowest BCUT2D eigenvalue weighted by Gasteiger charge is -2.14. The number of nitrogens with zero attached hydrogens (tertiary/aromatic N) is 5. The van der Waals surface area contributed by atoms with Gasteiger partial charge in [-0.15, -0.1) is 0 Å². The summed E-state index contributed by atoms with van der Waals surface area (Å²) < 4.78 is 11.3. The molecule has 0 spiro atoms. The minimum atomic E-state index is 0.605. The Bertz CT molecular complexity index is 3480. The maximum absolute atomic E-state index is 6.67. The van der Waals surface area contributed by atoms with Gasteiger partial charge >= 0.3 is 0 Å². The van der Waals surface area contributed by atoms with Gasteiger partial charge in [0.15, 0.2) is 11.4 Å². The Morgan fingerprint density at radius 2 is 1.03 bits per heavy atom. The highest BCUT2D eigenvalue weighted by atomic mass is 16.3. The van der Waals surface area contributed by atoms with Gasteiger partial charge in [-0.25, -0.2) is 15.0 Å². The van der Waals surface area contributed by atoms with Gasteiger partial charge in [0, 0.05) is 55.6 Å². The third-order valence-corrected chi connectivity index (χ3v) is 11.4. The van der Waals surface area contributed by atoms with Gasteiger partial charge in [0.1, 0.15) is 11.3 Å². The number of aromatic nitrogens is 5. The molecule has 4 aromatic heterocycles. The van der Waals surface area contributed by atoms with Gasteiger partial charge in [-0.1, -0.05) is 140 Å². The summed E-state index contributed by atoms with van der Waals surface area (Å²) in [6.45, 7) is 0. The van der Waals surface area contributed by atoms with E-state index in [4.69, 9.17) is 19.4 Å². The smallest absolute Gasteiger partial charge is 0.227 e. The number of hydrogen-bond donors (Lipinski definition) is 0. The first-order valence-corrected chi connectivity index (χ1v) is 19.8. The SMILES string of the molecule is c1ccc(-c2cc(-n3c4ccccc4c4cccc(-c5ccc6c(c5)c5ccc7nc(-c8ccccc8)oc7c5n6-c5ccccc5)c43)nc(-c3ccccc3)n2)cc1. The average molecular weight is 756 g/mol. The van der Waals surface area contributed by atoms with Gasteiger partial charge in [-0.05, 0) is 60.2 Å². The molecule has 0 aliphatic heterocycles. The quantitative estimate of drug-likeness (QED) is 0.170. The largest absolute Gasteiger partial charge is 0.434 e. The fourth-order valence-corrected chi connectivity index (χ4v) is 8.71. The molecule has 0 fully saturated rings. The van der Waals surface area contributed by atoms with E-state index in [0.717, 1.165) is 99.7 Å². The van der Waals surface area contributed by atoms with Crippen LogP contribution >= 0.6 is 0 Å². The standard InChI is InChI=1S/C53H33N5O/c1-5-16-34(17-6-1)45-33-48(56-52(54-45)35-18-7-2-8-19-35)58-46-27-14-13-24-40(46)41-26-15-25-39(49(41)58)37-28-31-47-43(32-37)42-29-30-44-51(50(42)57(47)38-22-11-4-12-23-38)59-53(55-44)36-20-9-3-10-21-36/h1-33H. The van der Waals surface area contributed by atoms with Crippen LogP contribution in [0.25, 0.3) is 111 Å². The van der Waals surface area contributed by atoms with E-state index in [9.17, 15) is 0 Å². The lowest BCUT2D eigenvalue weighted by molar-refractivity contribution is 0.622. The van der Waals surface area contributed by atoms with E-state index >= 15 is 0 Å².